The summed E-state index contributed by atoms with van der Waals surface area (Å²) >= 11 is 0. The predicted molar refractivity (Wildman–Crippen MR) is 96.6 cm³/mol. The van der Waals surface area contributed by atoms with E-state index >= 15 is 0 Å². The summed E-state index contributed by atoms with van der Waals surface area (Å²) in [6.45, 7) is 2.81. The van der Waals surface area contributed by atoms with E-state index in [9.17, 15) is 14.3 Å². The number of hydrogen-bond donors (Lipinski definition) is 4. The molecule has 9 heteroatoms. The molecule has 1 unspecified atom stereocenters. The van der Waals surface area contributed by atoms with Gasteiger partial charge in [-0.15, -0.1) is 0 Å². The van der Waals surface area contributed by atoms with Crippen molar-refractivity contribution >= 4 is 12.0 Å². The number of aromatic hydroxyl groups is 1. The number of aliphatic hydroxyl groups excluding tert-OH is 1. The first kappa shape index (κ1) is 18.8. The van der Waals surface area contributed by atoms with Crippen LogP contribution in [0, 0.1) is 5.82 Å². The number of phenolic OH excluding ortho intramolecular Hbond substituents is 1. The van der Waals surface area contributed by atoms with Crippen LogP contribution in [-0.2, 0) is 19.5 Å². The number of carbonyl (C=O) groups is 1. The molecular formula is C18H22FN5O3. The number of aliphatic hydroxyl groups is 1. The second kappa shape index (κ2) is 8.17. The Hall–Kier alpha value is -2.94. The molecule has 144 valence electrons. The molecule has 0 fully saturated rings. The molecule has 1 aromatic heterocycles. The summed E-state index contributed by atoms with van der Waals surface area (Å²) in [6.07, 6.45) is 2.38. The van der Waals surface area contributed by atoms with Crippen molar-refractivity contribution in [2.24, 2.45) is 0 Å². The smallest absolute Gasteiger partial charge is 0.318 e. The summed E-state index contributed by atoms with van der Waals surface area (Å²) < 4.78 is 13.4. The average molecular weight is 375 g/mol. The minimum absolute atomic E-state index is 0.0349. The number of aromatic nitrogens is 2. The molecule has 8 nitrogen and oxygen atoms in total. The first-order chi connectivity index (χ1) is 13.0. The highest BCUT2D eigenvalue weighted by molar-refractivity contribution is 5.74. The zero-order valence-electron chi connectivity index (χ0n) is 14.9. The van der Waals surface area contributed by atoms with E-state index < -0.39 is 11.6 Å². The largest absolute Gasteiger partial charge is 0.505 e. The van der Waals surface area contributed by atoms with Crippen molar-refractivity contribution in [3.63, 3.8) is 0 Å². The number of carbonyl (C=O) groups excluding carboxylic acids is 1. The van der Waals surface area contributed by atoms with Crippen molar-refractivity contribution in [1.29, 1.82) is 0 Å². The molecule has 2 amide bonds. The standard InChI is InChI=1S/C18H22FN5O3/c1-11(10-25)22-17-20-8-13-4-5-24(9-15(13)23-17)18(27)21-7-12-2-3-16(26)14(19)6-12/h2-3,6,8,11,25-26H,4-5,7,9-10H2,1H3,(H,21,27)(H,20,22,23). The van der Waals surface area contributed by atoms with Gasteiger partial charge in [-0.05, 0) is 36.6 Å². The lowest BCUT2D eigenvalue weighted by Crippen LogP contribution is -2.42. The van der Waals surface area contributed by atoms with E-state index in [2.05, 4.69) is 20.6 Å². The van der Waals surface area contributed by atoms with Gasteiger partial charge in [0.2, 0.25) is 5.95 Å². The van der Waals surface area contributed by atoms with Crippen LogP contribution in [0.5, 0.6) is 5.75 Å². The Morgan fingerprint density at radius 1 is 1.44 bits per heavy atom. The number of urea groups is 1. The summed E-state index contributed by atoms with van der Waals surface area (Å²) in [7, 11) is 0. The van der Waals surface area contributed by atoms with Gasteiger partial charge in [-0.3, -0.25) is 0 Å². The number of nitrogens with one attached hydrogen (secondary N) is 2. The van der Waals surface area contributed by atoms with Crippen LogP contribution in [0.3, 0.4) is 0 Å². The average Bonchev–Trinajstić information content (AvgIpc) is 2.68. The fourth-order valence-electron chi connectivity index (χ4n) is 2.76. The molecule has 2 heterocycles. The maximum absolute atomic E-state index is 13.4. The number of phenols is 1. The Morgan fingerprint density at radius 3 is 3.00 bits per heavy atom. The highest BCUT2D eigenvalue weighted by atomic mass is 19.1. The fourth-order valence-corrected chi connectivity index (χ4v) is 2.76. The molecule has 1 atom stereocenters. The number of benzene rings is 1. The first-order valence-corrected chi connectivity index (χ1v) is 8.68. The number of halogens is 1. The maximum Gasteiger partial charge on any atom is 0.318 e. The normalized spacial score (nSPS) is 14.4. The van der Waals surface area contributed by atoms with E-state index in [1.807, 2.05) is 6.92 Å². The minimum atomic E-state index is -0.720. The third-order valence-corrected chi connectivity index (χ3v) is 4.34. The van der Waals surface area contributed by atoms with Gasteiger partial charge in [-0.25, -0.2) is 19.2 Å². The van der Waals surface area contributed by atoms with Crippen LogP contribution in [0.25, 0.3) is 0 Å². The van der Waals surface area contributed by atoms with Gasteiger partial charge in [0.15, 0.2) is 11.6 Å². The van der Waals surface area contributed by atoms with Crippen LogP contribution in [0.15, 0.2) is 24.4 Å². The van der Waals surface area contributed by atoms with Crippen molar-refractivity contribution in [2.45, 2.75) is 32.5 Å². The van der Waals surface area contributed by atoms with Crippen molar-refractivity contribution in [3.8, 4) is 5.75 Å². The molecule has 0 saturated carbocycles. The van der Waals surface area contributed by atoms with Crippen LogP contribution >= 0.6 is 0 Å². The molecule has 4 N–H and O–H groups in total. The monoisotopic (exact) mass is 375 g/mol. The lowest BCUT2D eigenvalue weighted by Gasteiger charge is -2.28. The van der Waals surface area contributed by atoms with Gasteiger partial charge in [0.05, 0.1) is 18.8 Å². The van der Waals surface area contributed by atoms with E-state index in [0.29, 0.717) is 31.0 Å². The van der Waals surface area contributed by atoms with Crippen molar-refractivity contribution in [1.82, 2.24) is 20.2 Å². The lowest BCUT2D eigenvalue weighted by atomic mass is 10.1. The second-order valence-corrected chi connectivity index (χ2v) is 6.51. The van der Waals surface area contributed by atoms with E-state index in [0.717, 1.165) is 11.3 Å². The Kier molecular flexibility index (Phi) is 5.70. The van der Waals surface area contributed by atoms with Gasteiger partial charge < -0.3 is 25.7 Å². The zero-order valence-corrected chi connectivity index (χ0v) is 14.9. The quantitative estimate of drug-likeness (QED) is 0.628. The van der Waals surface area contributed by atoms with Crippen LogP contribution in [0.1, 0.15) is 23.7 Å². The summed E-state index contributed by atoms with van der Waals surface area (Å²) in [5.41, 5.74) is 2.31. The molecule has 1 aliphatic heterocycles. The fraction of sp³-hybridized carbons (Fsp3) is 0.389. The summed E-state index contributed by atoms with van der Waals surface area (Å²) in [5.74, 6) is -0.725. The van der Waals surface area contributed by atoms with Crippen LogP contribution < -0.4 is 10.6 Å². The Morgan fingerprint density at radius 2 is 2.26 bits per heavy atom. The third-order valence-electron chi connectivity index (χ3n) is 4.34. The highest BCUT2D eigenvalue weighted by Gasteiger charge is 2.22. The molecular weight excluding hydrogens is 353 g/mol. The Balaban J connectivity index is 1.61. The van der Waals surface area contributed by atoms with Crippen molar-refractivity contribution < 1.29 is 19.4 Å². The molecule has 1 aromatic carbocycles. The number of rotatable bonds is 5. The van der Waals surface area contributed by atoms with E-state index in [1.54, 1.807) is 17.2 Å². The number of nitrogens with zero attached hydrogens (tertiary/aromatic N) is 3. The highest BCUT2D eigenvalue weighted by Crippen LogP contribution is 2.19. The SMILES string of the molecule is CC(CO)Nc1ncc2c(n1)CN(C(=O)NCc1ccc(O)c(F)c1)CC2. The molecule has 0 spiro atoms. The predicted octanol–water partition coefficient (Wildman–Crippen LogP) is 1.38. The van der Waals surface area contributed by atoms with E-state index in [4.69, 9.17) is 5.11 Å². The van der Waals surface area contributed by atoms with Crippen LogP contribution in [0.4, 0.5) is 15.1 Å². The number of anilines is 1. The maximum atomic E-state index is 13.4. The van der Waals surface area contributed by atoms with E-state index in [1.165, 1.54) is 12.1 Å². The molecule has 3 rings (SSSR count). The van der Waals surface area contributed by atoms with Gasteiger partial charge in [0, 0.05) is 25.3 Å². The third kappa shape index (κ3) is 4.62. The van der Waals surface area contributed by atoms with Gasteiger partial charge in [-0.2, -0.15) is 0 Å². The van der Waals surface area contributed by atoms with Crippen molar-refractivity contribution in [2.75, 3.05) is 18.5 Å². The molecule has 1 aliphatic rings. The summed E-state index contributed by atoms with van der Waals surface area (Å²) in [4.78, 5) is 22.7. The topological polar surface area (TPSA) is 111 Å². The summed E-state index contributed by atoms with van der Waals surface area (Å²) in [5, 5.41) is 24.1. The minimum Gasteiger partial charge on any atom is -0.505 e. The van der Waals surface area contributed by atoms with Crippen molar-refractivity contribution in [3.05, 3.63) is 47.0 Å². The second-order valence-electron chi connectivity index (χ2n) is 6.51. The van der Waals surface area contributed by atoms with E-state index in [-0.39, 0.29) is 25.2 Å². The van der Waals surface area contributed by atoms with Gasteiger partial charge >= 0.3 is 6.03 Å². The van der Waals surface area contributed by atoms with Crippen LogP contribution in [-0.4, -0.2) is 50.3 Å². The van der Waals surface area contributed by atoms with Gasteiger partial charge in [0.1, 0.15) is 0 Å². The van der Waals surface area contributed by atoms with Gasteiger partial charge in [0.25, 0.3) is 0 Å². The molecule has 27 heavy (non-hydrogen) atoms. The van der Waals surface area contributed by atoms with Gasteiger partial charge in [-0.1, -0.05) is 6.07 Å². The lowest BCUT2D eigenvalue weighted by molar-refractivity contribution is 0.191. The number of hydrogen-bond acceptors (Lipinski definition) is 6. The first-order valence-electron chi connectivity index (χ1n) is 8.68. The Labute approximate surface area is 156 Å². The molecule has 0 bridgehead atoms. The zero-order chi connectivity index (χ0) is 19.4. The molecule has 2 aromatic rings. The molecule has 0 saturated heterocycles. The summed E-state index contributed by atoms with van der Waals surface area (Å²) in [6, 6.07) is 3.56. The number of amides is 2. The Bertz CT molecular complexity index is 833. The van der Waals surface area contributed by atoms with Crippen LogP contribution in [0.2, 0.25) is 0 Å². The molecule has 0 radical (unpaired) electrons. The number of fused-ring (bicyclic) bond motifs is 1. The molecule has 0 aliphatic carbocycles.